The smallest absolute Gasteiger partial charge is 0.0329 e. The minimum absolute atomic E-state index is 0.467. The number of benzene rings is 1. The molecule has 0 aliphatic heterocycles. The Morgan fingerprint density at radius 2 is 2.06 bits per heavy atom. The molecule has 0 heterocycles. The highest BCUT2D eigenvalue weighted by molar-refractivity contribution is 5.26. The van der Waals surface area contributed by atoms with Crippen LogP contribution in [0.2, 0.25) is 0 Å². The van der Waals surface area contributed by atoms with Crippen LogP contribution in [0.3, 0.4) is 0 Å². The maximum Gasteiger partial charge on any atom is 0.0329 e. The summed E-state index contributed by atoms with van der Waals surface area (Å²) in [6.45, 7) is 3.35. The van der Waals surface area contributed by atoms with Gasteiger partial charge >= 0.3 is 0 Å². The quantitative estimate of drug-likeness (QED) is 0.780. The fourth-order valence-electron chi connectivity index (χ4n) is 2.12. The van der Waals surface area contributed by atoms with E-state index in [1.54, 1.807) is 0 Å². The highest BCUT2D eigenvalue weighted by atomic mass is 15.1. The molecule has 1 rings (SSSR count). The van der Waals surface area contributed by atoms with Crippen LogP contribution in [-0.4, -0.2) is 32.6 Å². The molecule has 0 saturated carbocycles. The summed E-state index contributed by atoms with van der Waals surface area (Å²) in [6.07, 6.45) is 3.54. The molecule has 2 heteroatoms. The molecule has 0 aliphatic carbocycles. The van der Waals surface area contributed by atoms with E-state index in [0.717, 1.165) is 13.0 Å². The third-order valence-corrected chi connectivity index (χ3v) is 3.11. The number of hydrogen-bond donors (Lipinski definition) is 1. The average molecular weight is 234 g/mol. The minimum Gasteiger partial charge on any atom is -0.313 e. The Balaban J connectivity index is 2.69. The second-order valence-electron chi connectivity index (χ2n) is 4.93. The summed E-state index contributed by atoms with van der Waals surface area (Å²) in [6, 6.07) is 9.46. The van der Waals surface area contributed by atoms with E-state index >= 15 is 0 Å². The lowest BCUT2D eigenvalue weighted by molar-refractivity contribution is 0.368. The number of nitrogens with one attached hydrogen (secondary N) is 1. The number of nitrogens with zero attached hydrogens (tertiary/aromatic N) is 1. The number of rotatable bonds is 7. The van der Waals surface area contributed by atoms with Gasteiger partial charge in [0.05, 0.1) is 0 Å². The average Bonchev–Trinajstić information content (AvgIpc) is 2.30. The summed E-state index contributed by atoms with van der Waals surface area (Å²) >= 11 is 0. The normalized spacial score (nSPS) is 13.0. The Hall–Kier alpha value is -0.860. The maximum atomic E-state index is 3.42. The Morgan fingerprint density at radius 1 is 1.29 bits per heavy atom. The molecule has 1 unspecified atom stereocenters. The topological polar surface area (TPSA) is 15.3 Å². The Bertz CT molecular complexity index is 320. The van der Waals surface area contributed by atoms with Gasteiger partial charge in [0.15, 0.2) is 0 Å². The van der Waals surface area contributed by atoms with Crippen LogP contribution in [-0.2, 0) is 6.42 Å². The van der Waals surface area contributed by atoms with Gasteiger partial charge in [-0.05, 0) is 51.7 Å². The highest BCUT2D eigenvalue weighted by Crippen LogP contribution is 2.18. The summed E-state index contributed by atoms with van der Waals surface area (Å²) in [5.74, 6) is 0. The standard InChI is InChI=1S/C15H26N2/c1-5-7-13-8-6-9-14(12-13)15(16-2)10-11-17(3)4/h6,8-9,12,15-16H,5,7,10-11H2,1-4H3. The van der Waals surface area contributed by atoms with Crippen molar-refractivity contribution in [3.8, 4) is 0 Å². The van der Waals surface area contributed by atoms with Crippen molar-refractivity contribution in [1.82, 2.24) is 10.2 Å². The number of hydrogen-bond acceptors (Lipinski definition) is 2. The van der Waals surface area contributed by atoms with Gasteiger partial charge in [-0.3, -0.25) is 0 Å². The molecule has 0 amide bonds. The molecule has 1 atom stereocenters. The Morgan fingerprint density at radius 3 is 2.65 bits per heavy atom. The summed E-state index contributed by atoms with van der Waals surface area (Å²) in [4.78, 5) is 2.24. The SMILES string of the molecule is CCCc1cccc(C(CCN(C)C)NC)c1. The van der Waals surface area contributed by atoms with Gasteiger partial charge in [-0.1, -0.05) is 37.6 Å². The van der Waals surface area contributed by atoms with Crippen LogP contribution in [0.15, 0.2) is 24.3 Å². The van der Waals surface area contributed by atoms with E-state index in [-0.39, 0.29) is 0 Å². The van der Waals surface area contributed by atoms with E-state index in [9.17, 15) is 0 Å². The molecule has 0 aliphatic rings. The van der Waals surface area contributed by atoms with Crippen LogP contribution in [0.5, 0.6) is 0 Å². The Kier molecular flexibility index (Phi) is 6.23. The van der Waals surface area contributed by atoms with Crippen molar-refractivity contribution in [1.29, 1.82) is 0 Å². The van der Waals surface area contributed by atoms with Gasteiger partial charge in [0.25, 0.3) is 0 Å². The van der Waals surface area contributed by atoms with E-state index in [0.29, 0.717) is 6.04 Å². The van der Waals surface area contributed by atoms with Crippen molar-refractivity contribution in [3.63, 3.8) is 0 Å². The molecule has 0 fully saturated rings. The van der Waals surface area contributed by atoms with Crippen molar-refractivity contribution in [2.24, 2.45) is 0 Å². The first-order valence-electron chi connectivity index (χ1n) is 6.58. The van der Waals surface area contributed by atoms with E-state index < -0.39 is 0 Å². The molecule has 0 saturated heterocycles. The molecule has 0 aromatic heterocycles. The molecule has 96 valence electrons. The van der Waals surface area contributed by atoms with Crippen LogP contribution in [0.1, 0.15) is 36.9 Å². The largest absolute Gasteiger partial charge is 0.313 e. The van der Waals surface area contributed by atoms with Crippen LogP contribution in [0, 0.1) is 0 Å². The van der Waals surface area contributed by atoms with Crippen LogP contribution >= 0.6 is 0 Å². The molecule has 1 aromatic carbocycles. The molecule has 1 aromatic rings. The van der Waals surface area contributed by atoms with Crippen molar-refractivity contribution >= 4 is 0 Å². The zero-order chi connectivity index (χ0) is 12.7. The van der Waals surface area contributed by atoms with E-state index in [2.05, 4.69) is 55.5 Å². The molecule has 17 heavy (non-hydrogen) atoms. The zero-order valence-electron chi connectivity index (χ0n) is 11.7. The van der Waals surface area contributed by atoms with E-state index in [1.807, 2.05) is 7.05 Å². The van der Waals surface area contributed by atoms with E-state index in [1.165, 1.54) is 24.0 Å². The maximum absolute atomic E-state index is 3.42. The minimum atomic E-state index is 0.467. The predicted octanol–water partition coefficient (Wildman–Crippen LogP) is 2.85. The second kappa shape index (κ2) is 7.46. The van der Waals surface area contributed by atoms with Gasteiger partial charge in [0.2, 0.25) is 0 Å². The molecular weight excluding hydrogens is 208 g/mol. The first-order valence-corrected chi connectivity index (χ1v) is 6.58. The van der Waals surface area contributed by atoms with Crippen LogP contribution in [0.4, 0.5) is 0 Å². The van der Waals surface area contributed by atoms with Gasteiger partial charge in [-0.2, -0.15) is 0 Å². The van der Waals surface area contributed by atoms with Gasteiger partial charge < -0.3 is 10.2 Å². The van der Waals surface area contributed by atoms with Crippen molar-refractivity contribution in [2.75, 3.05) is 27.7 Å². The molecular formula is C15H26N2. The summed E-state index contributed by atoms with van der Waals surface area (Å²) in [7, 11) is 6.30. The summed E-state index contributed by atoms with van der Waals surface area (Å²) in [5.41, 5.74) is 2.87. The first kappa shape index (κ1) is 14.2. The monoisotopic (exact) mass is 234 g/mol. The molecule has 0 radical (unpaired) electrons. The number of aryl methyl sites for hydroxylation is 1. The fraction of sp³-hybridized carbons (Fsp3) is 0.600. The molecule has 2 nitrogen and oxygen atoms in total. The molecule has 0 spiro atoms. The van der Waals surface area contributed by atoms with Gasteiger partial charge in [0.1, 0.15) is 0 Å². The van der Waals surface area contributed by atoms with Crippen molar-refractivity contribution in [3.05, 3.63) is 35.4 Å². The van der Waals surface area contributed by atoms with Crippen LogP contribution < -0.4 is 5.32 Å². The fourth-order valence-corrected chi connectivity index (χ4v) is 2.12. The zero-order valence-corrected chi connectivity index (χ0v) is 11.7. The van der Waals surface area contributed by atoms with E-state index in [4.69, 9.17) is 0 Å². The lowest BCUT2D eigenvalue weighted by Gasteiger charge is -2.19. The van der Waals surface area contributed by atoms with Gasteiger partial charge in [-0.25, -0.2) is 0 Å². The first-order chi connectivity index (χ1) is 8.17. The van der Waals surface area contributed by atoms with Crippen LogP contribution in [0.25, 0.3) is 0 Å². The third kappa shape index (κ3) is 4.88. The van der Waals surface area contributed by atoms with Gasteiger partial charge in [0, 0.05) is 6.04 Å². The predicted molar refractivity (Wildman–Crippen MR) is 75.4 cm³/mol. The second-order valence-corrected chi connectivity index (χ2v) is 4.93. The summed E-state index contributed by atoms with van der Waals surface area (Å²) in [5, 5.41) is 3.42. The lowest BCUT2D eigenvalue weighted by Crippen LogP contribution is -2.23. The summed E-state index contributed by atoms with van der Waals surface area (Å²) < 4.78 is 0. The Labute approximate surface area is 106 Å². The third-order valence-electron chi connectivity index (χ3n) is 3.11. The highest BCUT2D eigenvalue weighted by Gasteiger charge is 2.09. The molecule has 0 bridgehead atoms. The lowest BCUT2D eigenvalue weighted by atomic mass is 9.99. The van der Waals surface area contributed by atoms with Crippen molar-refractivity contribution in [2.45, 2.75) is 32.2 Å². The molecule has 1 N–H and O–H groups in total. The van der Waals surface area contributed by atoms with Gasteiger partial charge in [-0.15, -0.1) is 0 Å². The van der Waals surface area contributed by atoms with Crippen molar-refractivity contribution < 1.29 is 0 Å².